The minimum atomic E-state index is -0.741. The average Bonchev–Trinajstić information content (AvgIpc) is 3.25. The smallest absolute Gasteiger partial charge is 0.338 e. The van der Waals surface area contributed by atoms with Crippen molar-refractivity contribution >= 4 is 12.0 Å². The van der Waals surface area contributed by atoms with E-state index in [1.165, 1.54) is 0 Å². The van der Waals surface area contributed by atoms with Crippen molar-refractivity contribution in [1.82, 2.24) is 20.4 Å². The second kappa shape index (κ2) is 10.0. The topological polar surface area (TPSA) is 94.5 Å². The lowest BCUT2D eigenvalue weighted by molar-refractivity contribution is -0.143. The number of esters is 1. The van der Waals surface area contributed by atoms with Gasteiger partial charge in [0.05, 0.1) is 35.7 Å². The summed E-state index contributed by atoms with van der Waals surface area (Å²) in [6.07, 6.45) is 1.55. The van der Waals surface area contributed by atoms with Gasteiger partial charge < -0.3 is 20.1 Å². The summed E-state index contributed by atoms with van der Waals surface area (Å²) in [6.45, 7) is 9.77. The molecule has 1 aliphatic heterocycles. The molecule has 8 nitrogen and oxygen atoms in total. The molecule has 182 valence electrons. The van der Waals surface area contributed by atoms with E-state index < -0.39 is 18.0 Å². The third kappa shape index (κ3) is 5.06. The first-order valence-electron chi connectivity index (χ1n) is 11.7. The number of aromatic nitrogens is 2. The van der Waals surface area contributed by atoms with Gasteiger partial charge in [-0.05, 0) is 70.5 Å². The normalized spacial score (nSPS) is 15.6. The lowest BCUT2D eigenvalue weighted by Gasteiger charge is -2.28. The van der Waals surface area contributed by atoms with Gasteiger partial charge in [0, 0.05) is 23.0 Å². The Kier molecular flexibility index (Phi) is 6.91. The highest BCUT2D eigenvalue weighted by Gasteiger charge is 2.35. The number of allylic oxidation sites excluding steroid dienone is 1. The van der Waals surface area contributed by atoms with Gasteiger partial charge >= 0.3 is 12.0 Å². The zero-order valence-electron chi connectivity index (χ0n) is 20.6. The van der Waals surface area contributed by atoms with Crippen LogP contribution in [-0.4, -0.2) is 34.5 Å². The van der Waals surface area contributed by atoms with Crippen molar-refractivity contribution in [2.24, 2.45) is 0 Å². The van der Waals surface area contributed by atoms with Gasteiger partial charge in [-0.25, -0.2) is 14.3 Å². The van der Waals surface area contributed by atoms with Crippen molar-refractivity contribution < 1.29 is 19.1 Å². The zero-order chi connectivity index (χ0) is 25.1. The van der Waals surface area contributed by atoms with Crippen LogP contribution in [0.3, 0.4) is 0 Å². The van der Waals surface area contributed by atoms with Crippen LogP contribution in [0.2, 0.25) is 0 Å². The summed E-state index contributed by atoms with van der Waals surface area (Å²) in [5.74, 6) is 0.309. The Labute approximate surface area is 204 Å². The first-order chi connectivity index (χ1) is 16.8. The van der Waals surface area contributed by atoms with E-state index >= 15 is 0 Å². The van der Waals surface area contributed by atoms with Crippen LogP contribution < -0.4 is 15.4 Å². The molecule has 8 heteroatoms. The molecule has 0 saturated carbocycles. The molecule has 2 amide bonds. The van der Waals surface area contributed by atoms with Crippen LogP contribution in [0.15, 0.2) is 66.0 Å². The fourth-order valence-corrected chi connectivity index (χ4v) is 4.13. The predicted octanol–water partition coefficient (Wildman–Crippen LogP) is 4.83. The van der Waals surface area contributed by atoms with E-state index in [1.54, 1.807) is 25.5 Å². The number of carbonyl (C=O) groups excluding carboxylic acids is 2. The maximum Gasteiger partial charge on any atom is 0.338 e. The number of amides is 2. The maximum absolute atomic E-state index is 13.1. The number of urea groups is 1. The molecule has 3 aromatic rings. The molecule has 35 heavy (non-hydrogen) atoms. The van der Waals surface area contributed by atoms with Crippen LogP contribution in [-0.2, 0) is 9.53 Å². The summed E-state index contributed by atoms with van der Waals surface area (Å²) in [5, 5.41) is 10.5. The Morgan fingerprint density at radius 3 is 2.54 bits per heavy atom. The summed E-state index contributed by atoms with van der Waals surface area (Å²) in [5.41, 5.74) is 4.79. The van der Waals surface area contributed by atoms with Crippen molar-refractivity contribution in [2.75, 3.05) is 6.61 Å². The van der Waals surface area contributed by atoms with Crippen molar-refractivity contribution in [1.29, 1.82) is 0 Å². The molecule has 0 saturated heterocycles. The molecule has 0 radical (unpaired) electrons. The third-order valence-electron chi connectivity index (χ3n) is 5.65. The maximum atomic E-state index is 13.1. The second-order valence-electron chi connectivity index (χ2n) is 8.65. The van der Waals surface area contributed by atoms with Gasteiger partial charge in [-0.1, -0.05) is 18.2 Å². The summed E-state index contributed by atoms with van der Waals surface area (Å²) in [4.78, 5) is 25.6. The summed E-state index contributed by atoms with van der Waals surface area (Å²) < 4.78 is 13.0. The largest absolute Gasteiger partial charge is 0.494 e. The average molecular weight is 475 g/mol. The van der Waals surface area contributed by atoms with Gasteiger partial charge in [0.1, 0.15) is 5.75 Å². The number of nitrogens with one attached hydrogen (secondary N) is 2. The Morgan fingerprint density at radius 1 is 1.14 bits per heavy atom. The molecule has 0 unspecified atom stereocenters. The number of aryl methyl sites for hydroxylation is 1. The van der Waals surface area contributed by atoms with Crippen molar-refractivity contribution in [3.8, 4) is 22.7 Å². The van der Waals surface area contributed by atoms with Crippen LogP contribution >= 0.6 is 0 Å². The number of carbonyl (C=O) groups is 2. The highest BCUT2D eigenvalue weighted by Crippen LogP contribution is 2.36. The quantitative estimate of drug-likeness (QED) is 0.479. The Balaban J connectivity index is 1.89. The Hall–Kier alpha value is -4.07. The van der Waals surface area contributed by atoms with Gasteiger partial charge in [-0.15, -0.1) is 0 Å². The number of benzene rings is 2. The predicted molar refractivity (Wildman–Crippen MR) is 133 cm³/mol. The standard InChI is InChI=1S/C27H30N4O4/c1-6-34-22-13-12-19(14-17(22)4)24-21(15-31(30-24)20-10-8-7-9-11-20)25-23(26(32)35-16(2)3)18(5)28-27(33)29-25/h7-16,25H,6H2,1-5H3,(H2,28,29,33)/t25-/m1/s1. The summed E-state index contributed by atoms with van der Waals surface area (Å²) in [7, 11) is 0. The van der Waals surface area contributed by atoms with Crippen LogP contribution in [0.1, 0.15) is 44.9 Å². The minimum Gasteiger partial charge on any atom is -0.494 e. The number of nitrogens with zero attached hydrogens (tertiary/aromatic N) is 2. The molecule has 1 aromatic heterocycles. The Bertz CT molecular complexity index is 1280. The van der Waals surface area contributed by atoms with E-state index in [9.17, 15) is 9.59 Å². The highest BCUT2D eigenvalue weighted by atomic mass is 16.5. The van der Waals surface area contributed by atoms with Gasteiger partial charge in [-0.2, -0.15) is 5.10 Å². The first kappa shape index (κ1) is 24.1. The van der Waals surface area contributed by atoms with Crippen molar-refractivity contribution in [2.45, 2.75) is 46.8 Å². The third-order valence-corrected chi connectivity index (χ3v) is 5.65. The number of para-hydroxylation sites is 1. The lowest BCUT2D eigenvalue weighted by atomic mass is 9.93. The molecule has 0 aliphatic carbocycles. The SMILES string of the molecule is CCOc1ccc(-c2nn(-c3ccccc3)cc2[C@H]2NC(=O)NC(C)=C2C(=O)OC(C)C)cc1C. The van der Waals surface area contributed by atoms with E-state index in [0.717, 1.165) is 22.6 Å². The summed E-state index contributed by atoms with van der Waals surface area (Å²) in [6, 6.07) is 14.4. The first-order valence-corrected chi connectivity index (χ1v) is 11.7. The van der Waals surface area contributed by atoms with Crippen molar-refractivity contribution in [3.63, 3.8) is 0 Å². The van der Waals surface area contributed by atoms with E-state index in [2.05, 4.69) is 10.6 Å². The Morgan fingerprint density at radius 2 is 1.89 bits per heavy atom. The van der Waals surface area contributed by atoms with E-state index in [-0.39, 0.29) is 6.10 Å². The molecular formula is C27H30N4O4. The second-order valence-corrected chi connectivity index (χ2v) is 8.65. The zero-order valence-corrected chi connectivity index (χ0v) is 20.6. The van der Waals surface area contributed by atoms with Gasteiger partial charge in [0.25, 0.3) is 0 Å². The molecule has 2 N–H and O–H groups in total. The number of ether oxygens (including phenoxy) is 2. The molecule has 4 rings (SSSR count). The van der Waals surface area contributed by atoms with E-state index in [0.29, 0.717) is 29.1 Å². The van der Waals surface area contributed by atoms with Crippen LogP contribution in [0.5, 0.6) is 5.75 Å². The van der Waals surface area contributed by atoms with Crippen LogP contribution in [0.4, 0.5) is 4.79 Å². The fraction of sp³-hybridized carbons (Fsp3) is 0.296. The highest BCUT2D eigenvalue weighted by molar-refractivity contribution is 5.95. The molecular weight excluding hydrogens is 444 g/mol. The number of hydrogen-bond donors (Lipinski definition) is 2. The fourth-order valence-electron chi connectivity index (χ4n) is 4.13. The molecule has 0 bridgehead atoms. The summed E-state index contributed by atoms with van der Waals surface area (Å²) >= 11 is 0. The molecule has 0 spiro atoms. The van der Waals surface area contributed by atoms with Gasteiger partial charge in [-0.3, -0.25) is 0 Å². The molecule has 2 aromatic carbocycles. The van der Waals surface area contributed by atoms with Crippen LogP contribution in [0.25, 0.3) is 16.9 Å². The van der Waals surface area contributed by atoms with Crippen molar-refractivity contribution in [3.05, 3.63) is 77.1 Å². The van der Waals surface area contributed by atoms with Gasteiger partial charge in [0.15, 0.2) is 0 Å². The molecule has 0 fully saturated rings. The molecule has 1 aliphatic rings. The number of rotatable bonds is 7. The van der Waals surface area contributed by atoms with Crippen LogP contribution in [0, 0.1) is 6.92 Å². The lowest BCUT2D eigenvalue weighted by Crippen LogP contribution is -2.45. The van der Waals surface area contributed by atoms with Gasteiger partial charge in [0.2, 0.25) is 0 Å². The molecule has 2 heterocycles. The number of hydrogen-bond acceptors (Lipinski definition) is 5. The van der Waals surface area contributed by atoms with E-state index in [1.807, 2.05) is 68.6 Å². The monoisotopic (exact) mass is 474 g/mol. The minimum absolute atomic E-state index is 0.304. The van der Waals surface area contributed by atoms with E-state index in [4.69, 9.17) is 14.6 Å². The molecule has 1 atom stereocenters.